The van der Waals surface area contributed by atoms with Gasteiger partial charge in [-0.2, -0.15) is 10.2 Å². The van der Waals surface area contributed by atoms with Crippen molar-refractivity contribution in [3.8, 4) is 16.3 Å². The molecule has 1 aromatic heterocycles. The van der Waals surface area contributed by atoms with Crippen molar-refractivity contribution in [2.45, 2.75) is 29.7 Å². The number of amides is 1. The molecule has 3 aromatic carbocycles. The molecule has 214 valence electrons. The largest absolute Gasteiger partial charge is 1.00 e. The SMILES string of the molecule is COc1ccc(S(=O)(=O)[O-])cc1NC(=O)C(N=Nc1ccc(-c2nc3ccc(C)c(S(=O)(=O)[O-])c3s2)cc1)C(C)=O.[Na+].[Na+]. The van der Waals surface area contributed by atoms with Crippen LogP contribution in [-0.2, 0) is 29.8 Å². The van der Waals surface area contributed by atoms with E-state index >= 15 is 0 Å². The number of aryl methyl sites for hydroxylation is 1. The van der Waals surface area contributed by atoms with Crippen molar-refractivity contribution in [1.82, 2.24) is 4.98 Å². The molecule has 0 radical (unpaired) electrons. The topological polar surface area (TPSA) is 207 Å². The van der Waals surface area contributed by atoms with Gasteiger partial charge in [0.1, 0.15) is 31.0 Å². The molecule has 4 aromatic rings. The molecular formula is C25H20N4Na2O9S3. The average molecular weight is 663 g/mol. The van der Waals surface area contributed by atoms with Crippen molar-refractivity contribution < 1.29 is 99.4 Å². The quantitative estimate of drug-likeness (QED) is 0.0884. The van der Waals surface area contributed by atoms with Gasteiger partial charge < -0.3 is 19.2 Å². The zero-order valence-electron chi connectivity index (χ0n) is 23.5. The number of Topliss-reactive ketones (excluding diaryl/α,β-unsaturated/α-hetero) is 1. The van der Waals surface area contributed by atoms with Crippen LogP contribution in [0.5, 0.6) is 5.75 Å². The smallest absolute Gasteiger partial charge is 0.744 e. The summed E-state index contributed by atoms with van der Waals surface area (Å²) in [7, 11) is -8.27. The Morgan fingerprint density at radius 3 is 2.19 bits per heavy atom. The summed E-state index contributed by atoms with van der Waals surface area (Å²) in [5, 5.41) is 10.6. The Kier molecular flexibility index (Phi) is 12.8. The number of nitrogens with zero attached hydrogens (tertiary/aromatic N) is 3. The first kappa shape index (κ1) is 37.1. The number of anilines is 1. The van der Waals surface area contributed by atoms with Crippen LogP contribution in [0.1, 0.15) is 12.5 Å². The molecule has 1 unspecified atom stereocenters. The fraction of sp³-hybridized carbons (Fsp3) is 0.160. The Hall–Kier alpha value is -2.09. The normalized spacial score (nSPS) is 12.3. The first-order valence-electron chi connectivity index (χ1n) is 11.5. The summed E-state index contributed by atoms with van der Waals surface area (Å²) in [6, 6.07) is 10.9. The Morgan fingerprint density at radius 2 is 1.63 bits per heavy atom. The number of benzene rings is 3. The van der Waals surface area contributed by atoms with Crippen LogP contribution in [0.25, 0.3) is 20.8 Å². The van der Waals surface area contributed by atoms with Crippen molar-refractivity contribution >= 4 is 64.9 Å². The molecule has 4 rings (SSSR count). The van der Waals surface area contributed by atoms with E-state index in [1.165, 1.54) is 38.3 Å². The van der Waals surface area contributed by atoms with Gasteiger partial charge >= 0.3 is 59.1 Å². The molecule has 0 aliphatic heterocycles. The van der Waals surface area contributed by atoms with Gasteiger partial charge in [-0.3, -0.25) is 9.59 Å². The van der Waals surface area contributed by atoms with E-state index < -0.39 is 42.9 Å². The minimum atomic E-state index is -4.82. The fourth-order valence-electron chi connectivity index (χ4n) is 3.76. The number of carbonyl (C=O) groups excluding carboxylic acids is 2. The molecule has 1 heterocycles. The summed E-state index contributed by atoms with van der Waals surface area (Å²) in [4.78, 5) is 28.5. The average Bonchev–Trinajstić information content (AvgIpc) is 3.31. The molecule has 0 aliphatic carbocycles. The van der Waals surface area contributed by atoms with Gasteiger partial charge in [-0.05, 0) is 67.9 Å². The molecule has 0 spiro atoms. The number of hydrogen-bond acceptors (Lipinski definition) is 13. The summed E-state index contributed by atoms with van der Waals surface area (Å²) in [6.45, 7) is 2.65. The molecule has 43 heavy (non-hydrogen) atoms. The number of fused-ring (bicyclic) bond motifs is 1. The third-order valence-electron chi connectivity index (χ3n) is 5.71. The number of azo groups is 1. The second-order valence-electron chi connectivity index (χ2n) is 8.61. The first-order valence-corrected chi connectivity index (χ1v) is 15.1. The molecule has 18 heteroatoms. The molecule has 0 bridgehead atoms. The van der Waals surface area contributed by atoms with Crippen LogP contribution < -0.4 is 69.2 Å². The summed E-state index contributed by atoms with van der Waals surface area (Å²) < 4.78 is 74.7. The number of ether oxygens (including phenoxy) is 1. The Balaban J connectivity index is 0.00000323. The Labute approximate surface area is 295 Å². The fourth-order valence-corrected chi connectivity index (χ4v) is 6.54. The van der Waals surface area contributed by atoms with Crippen LogP contribution >= 0.6 is 11.3 Å². The van der Waals surface area contributed by atoms with E-state index in [1.807, 2.05) is 0 Å². The number of thiazole rings is 1. The maximum absolute atomic E-state index is 12.8. The zero-order chi connectivity index (χ0) is 30.1. The Bertz CT molecular complexity index is 1930. The molecule has 0 aliphatic rings. The zero-order valence-corrected chi connectivity index (χ0v) is 30.0. The van der Waals surface area contributed by atoms with Gasteiger partial charge in [-0.1, -0.05) is 6.07 Å². The van der Waals surface area contributed by atoms with Gasteiger partial charge in [0.05, 0.1) is 38.5 Å². The van der Waals surface area contributed by atoms with Gasteiger partial charge in [0.25, 0.3) is 5.91 Å². The van der Waals surface area contributed by atoms with Crippen molar-refractivity contribution in [3.05, 3.63) is 60.2 Å². The standard InChI is InChI=1S/C25H22N4O9S3.2Na/c1-13-4-10-18-22(23(13)41(35,36)37)39-25(27-18)15-5-7-16(8-6-15)28-29-21(14(2)30)24(31)26-19-12-17(40(32,33)34)9-11-20(19)38-3;;/h4-12,21H,1-3H3,(H,26,31)(H,32,33,34)(H,35,36,37);;/q;2*+1/p-2. The van der Waals surface area contributed by atoms with Gasteiger partial charge in [0, 0.05) is 5.56 Å². The number of carbonyl (C=O) groups is 2. The van der Waals surface area contributed by atoms with Crippen molar-refractivity contribution in [2.24, 2.45) is 10.2 Å². The third-order valence-corrected chi connectivity index (χ3v) is 8.84. The van der Waals surface area contributed by atoms with Crippen LogP contribution in [0.4, 0.5) is 11.4 Å². The number of ketones is 1. The van der Waals surface area contributed by atoms with E-state index in [9.17, 15) is 35.5 Å². The third kappa shape index (κ3) is 8.76. The minimum absolute atomic E-state index is 0. The van der Waals surface area contributed by atoms with E-state index in [4.69, 9.17) is 4.74 Å². The van der Waals surface area contributed by atoms with Crippen molar-refractivity contribution in [3.63, 3.8) is 0 Å². The predicted octanol–water partition coefficient (Wildman–Crippen LogP) is -2.22. The summed E-state index contributed by atoms with van der Waals surface area (Å²) >= 11 is 1.05. The van der Waals surface area contributed by atoms with E-state index in [2.05, 4.69) is 20.5 Å². The molecule has 1 N–H and O–H groups in total. The van der Waals surface area contributed by atoms with E-state index in [0.29, 0.717) is 21.7 Å². The second kappa shape index (κ2) is 14.8. The van der Waals surface area contributed by atoms with Crippen LogP contribution in [0.2, 0.25) is 0 Å². The number of methoxy groups -OCH3 is 1. The van der Waals surface area contributed by atoms with Crippen molar-refractivity contribution in [2.75, 3.05) is 12.4 Å². The van der Waals surface area contributed by atoms with E-state index in [1.54, 1.807) is 18.2 Å². The molecule has 1 amide bonds. The number of hydrogen-bond donors (Lipinski definition) is 1. The van der Waals surface area contributed by atoms with Crippen LogP contribution in [0.15, 0.2) is 74.6 Å². The number of rotatable bonds is 9. The molecule has 0 fully saturated rings. The molecule has 1 atom stereocenters. The Morgan fingerprint density at radius 1 is 0.977 bits per heavy atom. The number of aromatic nitrogens is 1. The maximum atomic E-state index is 12.8. The minimum Gasteiger partial charge on any atom is -0.744 e. The van der Waals surface area contributed by atoms with E-state index in [0.717, 1.165) is 30.4 Å². The molecule has 0 saturated carbocycles. The number of nitrogens with one attached hydrogen (secondary N) is 1. The van der Waals surface area contributed by atoms with Crippen LogP contribution in [0, 0.1) is 6.92 Å². The summed E-state index contributed by atoms with van der Waals surface area (Å²) in [6.07, 6.45) is 0. The first-order chi connectivity index (χ1) is 19.2. The molecule has 0 saturated heterocycles. The summed E-state index contributed by atoms with van der Waals surface area (Å²) in [5.41, 5.74) is 1.39. The van der Waals surface area contributed by atoms with Crippen LogP contribution in [-0.4, -0.2) is 55.8 Å². The second-order valence-corrected chi connectivity index (χ2v) is 12.3. The van der Waals surface area contributed by atoms with Gasteiger partial charge in [0.15, 0.2) is 5.78 Å². The van der Waals surface area contributed by atoms with Crippen molar-refractivity contribution in [1.29, 1.82) is 0 Å². The van der Waals surface area contributed by atoms with Crippen LogP contribution in [0.3, 0.4) is 0 Å². The van der Waals surface area contributed by atoms with Gasteiger partial charge in [-0.25, -0.2) is 21.8 Å². The van der Waals surface area contributed by atoms with Gasteiger partial charge in [-0.15, -0.1) is 11.3 Å². The monoisotopic (exact) mass is 662 g/mol. The molecular weight excluding hydrogens is 642 g/mol. The van der Waals surface area contributed by atoms with E-state index in [-0.39, 0.29) is 85.8 Å². The summed E-state index contributed by atoms with van der Waals surface area (Å²) in [5.74, 6) is -1.56. The maximum Gasteiger partial charge on any atom is 1.00 e. The molecule has 13 nitrogen and oxygen atoms in total. The predicted molar refractivity (Wildman–Crippen MR) is 146 cm³/mol. The van der Waals surface area contributed by atoms with Gasteiger partial charge in [0.2, 0.25) is 6.04 Å².